The van der Waals surface area contributed by atoms with Gasteiger partial charge in [0.05, 0.1) is 29.1 Å². The number of rotatable bonds is 6. The van der Waals surface area contributed by atoms with Gasteiger partial charge in [-0.3, -0.25) is 10.1 Å². The summed E-state index contributed by atoms with van der Waals surface area (Å²) in [6.45, 7) is 4.05. The van der Waals surface area contributed by atoms with E-state index in [0.29, 0.717) is 24.3 Å². The summed E-state index contributed by atoms with van der Waals surface area (Å²) >= 11 is 0. The van der Waals surface area contributed by atoms with Crippen molar-refractivity contribution in [2.24, 2.45) is 0 Å². The molecule has 22 heavy (non-hydrogen) atoms. The van der Waals surface area contributed by atoms with Gasteiger partial charge >= 0.3 is 5.97 Å². The molecule has 0 saturated heterocycles. The Balaban J connectivity index is 2.41. The average Bonchev–Trinajstić information content (AvgIpc) is 2.92. The molecule has 2 aromatic rings. The van der Waals surface area contributed by atoms with Gasteiger partial charge in [0.25, 0.3) is 5.69 Å². The number of nitro groups is 1. The molecule has 0 N–H and O–H groups in total. The van der Waals surface area contributed by atoms with Crippen LogP contribution >= 0.6 is 0 Å². The Morgan fingerprint density at radius 2 is 2.00 bits per heavy atom. The molecule has 0 unspecified atom stereocenters. The number of carbonyl (C=O) groups is 1. The summed E-state index contributed by atoms with van der Waals surface area (Å²) in [5, 5.41) is 14.9. The topological polar surface area (TPSA) is 87.3 Å². The van der Waals surface area contributed by atoms with Crippen LogP contribution in [0.2, 0.25) is 0 Å². The van der Waals surface area contributed by atoms with E-state index in [2.05, 4.69) is 5.10 Å². The molecule has 116 valence electrons. The third-order valence-corrected chi connectivity index (χ3v) is 3.16. The summed E-state index contributed by atoms with van der Waals surface area (Å²) in [7, 11) is 0. The number of benzene rings is 1. The maximum atomic E-state index is 12.0. The molecule has 0 fully saturated rings. The summed E-state index contributed by atoms with van der Waals surface area (Å²) in [6, 6.07) is 6.05. The van der Waals surface area contributed by atoms with Crippen LogP contribution in [0.5, 0.6) is 0 Å². The van der Waals surface area contributed by atoms with Gasteiger partial charge in [-0.05, 0) is 25.5 Å². The van der Waals surface area contributed by atoms with Gasteiger partial charge in [-0.2, -0.15) is 5.10 Å². The van der Waals surface area contributed by atoms with Crippen molar-refractivity contribution in [1.29, 1.82) is 0 Å². The highest BCUT2D eigenvalue weighted by Gasteiger charge is 2.19. The number of hydrogen-bond acceptors (Lipinski definition) is 5. The second-order valence-electron chi connectivity index (χ2n) is 4.66. The van der Waals surface area contributed by atoms with Gasteiger partial charge in [-0.25, -0.2) is 9.48 Å². The fourth-order valence-corrected chi connectivity index (χ4v) is 2.17. The molecule has 0 spiro atoms. The Hall–Kier alpha value is -2.70. The highest BCUT2D eigenvalue weighted by molar-refractivity contribution is 5.90. The minimum atomic E-state index is -0.454. The Bertz CT molecular complexity index is 677. The van der Waals surface area contributed by atoms with Crippen LogP contribution in [0.15, 0.2) is 30.5 Å². The minimum Gasteiger partial charge on any atom is -0.462 e. The van der Waals surface area contributed by atoms with E-state index in [1.165, 1.54) is 18.3 Å². The molecule has 2 rings (SSSR count). The number of nitro benzene ring substituents is 1. The SMILES string of the molecule is CCCc1c(C(=O)OCC)cnn1-c1ccc([N+](=O)[O-])cc1. The lowest BCUT2D eigenvalue weighted by molar-refractivity contribution is -0.384. The molecule has 7 heteroatoms. The highest BCUT2D eigenvalue weighted by atomic mass is 16.6. The molecular formula is C15H17N3O4. The van der Waals surface area contributed by atoms with Gasteiger partial charge in [0.1, 0.15) is 5.56 Å². The van der Waals surface area contributed by atoms with E-state index in [9.17, 15) is 14.9 Å². The third kappa shape index (κ3) is 3.13. The van der Waals surface area contributed by atoms with Crippen LogP contribution in [-0.2, 0) is 11.2 Å². The fraction of sp³-hybridized carbons (Fsp3) is 0.333. The molecule has 1 heterocycles. The van der Waals surface area contributed by atoms with Gasteiger partial charge < -0.3 is 4.74 Å². The number of nitrogens with zero attached hydrogens (tertiary/aromatic N) is 3. The smallest absolute Gasteiger partial charge is 0.341 e. The van der Waals surface area contributed by atoms with E-state index in [4.69, 9.17) is 4.74 Å². The molecule has 0 amide bonds. The zero-order valence-corrected chi connectivity index (χ0v) is 12.5. The molecule has 0 aliphatic heterocycles. The second kappa shape index (κ2) is 6.84. The maximum absolute atomic E-state index is 12.0. The van der Waals surface area contributed by atoms with Gasteiger partial charge in [-0.1, -0.05) is 13.3 Å². The largest absolute Gasteiger partial charge is 0.462 e. The summed E-state index contributed by atoms with van der Waals surface area (Å²) in [5.74, 6) is -0.404. The van der Waals surface area contributed by atoms with Gasteiger partial charge in [0.2, 0.25) is 0 Å². The van der Waals surface area contributed by atoms with Crippen molar-refractivity contribution >= 4 is 11.7 Å². The number of non-ortho nitro benzene ring substituents is 1. The van der Waals surface area contributed by atoms with Crippen LogP contribution < -0.4 is 0 Å². The van der Waals surface area contributed by atoms with E-state index in [-0.39, 0.29) is 5.69 Å². The van der Waals surface area contributed by atoms with Crippen LogP contribution in [0.4, 0.5) is 5.69 Å². The first kappa shape index (κ1) is 15.7. The lowest BCUT2D eigenvalue weighted by atomic mass is 10.1. The molecule has 0 bridgehead atoms. The molecular weight excluding hydrogens is 286 g/mol. The quantitative estimate of drug-likeness (QED) is 0.465. The van der Waals surface area contributed by atoms with Crippen molar-refractivity contribution in [3.63, 3.8) is 0 Å². The van der Waals surface area contributed by atoms with Crippen molar-refractivity contribution < 1.29 is 14.5 Å². The maximum Gasteiger partial charge on any atom is 0.341 e. The van der Waals surface area contributed by atoms with Crippen molar-refractivity contribution in [2.45, 2.75) is 26.7 Å². The molecule has 0 radical (unpaired) electrons. The van der Waals surface area contributed by atoms with E-state index < -0.39 is 10.9 Å². The standard InChI is InChI=1S/C15H17N3O4/c1-3-5-14-13(15(19)22-4-2)10-16-17(14)11-6-8-12(9-7-11)18(20)21/h6-10H,3-5H2,1-2H3. The monoisotopic (exact) mass is 303 g/mol. The molecule has 0 atom stereocenters. The first-order valence-corrected chi connectivity index (χ1v) is 7.07. The summed E-state index contributed by atoms with van der Waals surface area (Å²) < 4.78 is 6.66. The van der Waals surface area contributed by atoms with Crippen LogP contribution in [0.25, 0.3) is 5.69 Å². The zero-order chi connectivity index (χ0) is 16.1. The number of ether oxygens (including phenoxy) is 1. The van der Waals surface area contributed by atoms with Crippen molar-refractivity contribution in [3.8, 4) is 5.69 Å². The van der Waals surface area contributed by atoms with Crippen LogP contribution in [0.3, 0.4) is 0 Å². The van der Waals surface area contributed by atoms with Gasteiger partial charge in [0.15, 0.2) is 0 Å². The Kier molecular flexibility index (Phi) is 4.88. The van der Waals surface area contributed by atoms with E-state index >= 15 is 0 Å². The second-order valence-corrected chi connectivity index (χ2v) is 4.66. The first-order chi connectivity index (χ1) is 10.6. The number of esters is 1. The highest BCUT2D eigenvalue weighted by Crippen LogP contribution is 2.20. The van der Waals surface area contributed by atoms with Crippen molar-refractivity contribution in [2.75, 3.05) is 6.61 Å². The number of aromatic nitrogens is 2. The summed E-state index contributed by atoms with van der Waals surface area (Å²) in [5.41, 5.74) is 1.86. The average molecular weight is 303 g/mol. The number of hydrogen-bond donors (Lipinski definition) is 0. The number of carbonyl (C=O) groups excluding carboxylic acids is 1. The van der Waals surface area contributed by atoms with E-state index in [1.807, 2.05) is 6.92 Å². The molecule has 1 aromatic heterocycles. The molecule has 0 aliphatic carbocycles. The normalized spacial score (nSPS) is 10.5. The summed E-state index contributed by atoms with van der Waals surface area (Å²) in [4.78, 5) is 22.2. The molecule has 1 aromatic carbocycles. The van der Waals surface area contributed by atoms with Crippen LogP contribution in [-0.4, -0.2) is 27.3 Å². The van der Waals surface area contributed by atoms with Crippen molar-refractivity contribution in [3.05, 3.63) is 51.8 Å². The van der Waals surface area contributed by atoms with Crippen LogP contribution in [0, 0.1) is 10.1 Å². The summed E-state index contributed by atoms with van der Waals surface area (Å²) in [6.07, 6.45) is 2.97. The minimum absolute atomic E-state index is 0.0126. The predicted octanol–water partition coefficient (Wildman–Crippen LogP) is 2.91. The van der Waals surface area contributed by atoms with Crippen molar-refractivity contribution in [1.82, 2.24) is 9.78 Å². The fourth-order valence-electron chi connectivity index (χ4n) is 2.17. The molecule has 0 aliphatic rings. The predicted molar refractivity (Wildman–Crippen MR) is 80.2 cm³/mol. The lowest BCUT2D eigenvalue weighted by Gasteiger charge is -2.08. The van der Waals surface area contributed by atoms with E-state index in [0.717, 1.165) is 12.1 Å². The molecule has 7 nitrogen and oxygen atoms in total. The third-order valence-electron chi connectivity index (χ3n) is 3.16. The Morgan fingerprint density at radius 3 is 2.55 bits per heavy atom. The lowest BCUT2D eigenvalue weighted by Crippen LogP contribution is -2.09. The van der Waals surface area contributed by atoms with Gasteiger partial charge in [-0.15, -0.1) is 0 Å². The van der Waals surface area contributed by atoms with E-state index in [1.54, 1.807) is 23.7 Å². The van der Waals surface area contributed by atoms with Gasteiger partial charge in [0, 0.05) is 12.1 Å². The van der Waals surface area contributed by atoms with Crippen LogP contribution in [0.1, 0.15) is 36.3 Å². The molecule has 0 saturated carbocycles. The Labute approximate surface area is 127 Å². The Morgan fingerprint density at radius 1 is 1.32 bits per heavy atom. The zero-order valence-electron chi connectivity index (χ0n) is 12.5. The first-order valence-electron chi connectivity index (χ1n) is 7.07.